The summed E-state index contributed by atoms with van der Waals surface area (Å²) in [4.78, 5) is 24.8. The maximum Gasteiger partial charge on any atom is 0.305 e. The Kier molecular flexibility index (Phi) is 12.1. The summed E-state index contributed by atoms with van der Waals surface area (Å²) in [6.07, 6.45) is 8.97. The number of carbonyl (C=O) groups excluding carboxylic acids is 1. The van der Waals surface area contributed by atoms with E-state index in [1.165, 1.54) is 30.5 Å². The number of likely N-dealkylation sites (N-methyl/N-ethyl adjacent to an activating group) is 1. The number of benzene rings is 1. The Bertz CT molecular complexity index is 576. The summed E-state index contributed by atoms with van der Waals surface area (Å²) in [7, 11) is 3.72. The first kappa shape index (κ1) is 24.1. The van der Waals surface area contributed by atoms with Gasteiger partial charge in [0.15, 0.2) is 0 Å². The molecule has 0 aliphatic carbocycles. The molecule has 0 heterocycles. The lowest BCUT2D eigenvalue weighted by Crippen LogP contribution is -2.42. The number of hydrogen-bond donors (Lipinski definition) is 2. The van der Waals surface area contributed by atoms with Crippen molar-refractivity contribution in [2.45, 2.75) is 70.3 Å². The van der Waals surface area contributed by atoms with E-state index in [0.717, 1.165) is 38.5 Å². The van der Waals surface area contributed by atoms with Crippen molar-refractivity contribution in [3.05, 3.63) is 35.6 Å². The normalized spacial score (nSPS) is 12.1. The summed E-state index contributed by atoms with van der Waals surface area (Å²) in [6, 6.07) is 6.37. The Morgan fingerprint density at radius 2 is 1.57 bits per heavy atom. The number of rotatable bonds is 15. The number of aliphatic carboxylic acids is 1. The molecule has 0 radical (unpaired) electrons. The predicted octanol–water partition coefficient (Wildman–Crippen LogP) is 4.01. The van der Waals surface area contributed by atoms with Crippen molar-refractivity contribution in [1.29, 1.82) is 0 Å². The quantitative estimate of drug-likeness (QED) is 0.441. The Morgan fingerprint density at radius 1 is 1.00 bits per heavy atom. The van der Waals surface area contributed by atoms with E-state index in [0.29, 0.717) is 13.0 Å². The molecule has 158 valence electrons. The van der Waals surface area contributed by atoms with E-state index in [-0.39, 0.29) is 24.2 Å². The minimum Gasteiger partial charge on any atom is -0.481 e. The third-order valence-corrected chi connectivity index (χ3v) is 4.65. The van der Waals surface area contributed by atoms with Crippen LogP contribution in [0.3, 0.4) is 0 Å². The van der Waals surface area contributed by atoms with Crippen molar-refractivity contribution in [2.24, 2.45) is 0 Å². The average molecular weight is 395 g/mol. The molecule has 1 amide bonds. The van der Waals surface area contributed by atoms with E-state index in [1.807, 2.05) is 31.1 Å². The minimum atomic E-state index is -0.897. The summed E-state index contributed by atoms with van der Waals surface area (Å²) in [6.45, 7) is 0.524. The fourth-order valence-corrected chi connectivity index (χ4v) is 3.26. The SMILES string of the molecule is CN(C)C[C@@H](CC(=O)O)NC(=O)CCCCCCCCCc1ccc(F)cc1. The zero-order valence-corrected chi connectivity index (χ0v) is 17.3. The monoisotopic (exact) mass is 394 g/mol. The fraction of sp³-hybridized carbons (Fsp3) is 0.636. The van der Waals surface area contributed by atoms with E-state index in [4.69, 9.17) is 5.11 Å². The molecule has 28 heavy (non-hydrogen) atoms. The molecule has 0 bridgehead atoms. The van der Waals surface area contributed by atoms with Crippen LogP contribution in [0, 0.1) is 5.82 Å². The van der Waals surface area contributed by atoms with Crippen LogP contribution in [0.1, 0.15) is 63.4 Å². The lowest BCUT2D eigenvalue weighted by molar-refractivity contribution is -0.137. The molecule has 0 spiro atoms. The number of halogens is 1. The van der Waals surface area contributed by atoms with Gasteiger partial charge < -0.3 is 15.3 Å². The number of carbonyl (C=O) groups is 2. The highest BCUT2D eigenvalue weighted by atomic mass is 19.1. The van der Waals surface area contributed by atoms with Gasteiger partial charge in [-0.05, 0) is 51.1 Å². The second kappa shape index (κ2) is 14.1. The second-order valence-electron chi connectivity index (χ2n) is 7.73. The maximum atomic E-state index is 12.8. The molecule has 1 rings (SSSR count). The minimum absolute atomic E-state index is 0.0537. The first-order chi connectivity index (χ1) is 13.4. The van der Waals surface area contributed by atoms with Gasteiger partial charge in [-0.25, -0.2) is 4.39 Å². The molecule has 0 saturated heterocycles. The molecule has 1 atom stereocenters. The smallest absolute Gasteiger partial charge is 0.305 e. The molecule has 0 aliphatic heterocycles. The van der Waals surface area contributed by atoms with Gasteiger partial charge in [0, 0.05) is 13.0 Å². The van der Waals surface area contributed by atoms with E-state index >= 15 is 0 Å². The summed E-state index contributed by atoms with van der Waals surface area (Å²) >= 11 is 0. The Hall–Kier alpha value is -1.95. The van der Waals surface area contributed by atoms with Crippen LogP contribution in [0.5, 0.6) is 0 Å². The first-order valence-corrected chi connectivity index (χ1v) is 10.3. The van der Waals surface area contributed by atoms with Crippen LogP contribution in [0.15, 0.2) is 24.3 Å². The molecule has 0 saturated carbocycles. The van der Waals surface area contributed by atoms with Crippen molar-refractivity contribution in [3.63, 3.8) is 0 Å². The molecular formula is C22H35FN2O3. The first-order valence-electron chi connectivity index (χ1n) is 10.3. The zero-order chi connectivity index (χ0) is 20.8. The second-order valence-corrected chi connectivity index (χ2v) is 7.73. The third-order valence-electron chi connectivity index (χ3n) is 4.65. The molecular weight excluding hydrogens is 359 g/mol. The lowest BCUT2D eigenvalue weighted by atomic mass is 10.0. The van der Waals surface area contributed by atoms with Gasteiger partial charge in [0.25, 0.3) is 0 Å². The topological polar surface area (TPSA) is 69.6 Å². The van der Waals surface area contributed by atoms with Gasteiger partial charge in [0.05, 0.1) is 12.5 Å². The molecule has 0 aromatic heterocycles. The van der Waals surface area contributed by atoms with Crippen LogP contribution in [-0.2, 0) is 16.0 Å². The molecule has 1 aromatic rings. The summed E-state index contributed by atoms with van der Waals surface area (Å²) < 4.78 is 12.8. The molecule has 2 N–H and O–H groups in total. The number of unbranched alkanes of at least 4 members (excludes halogenated alkanes) is 6. The molecule has 0 aliphatic rings. The molecule has 6 heteroatoms. The van der Waals surface area contributed by atoms with Crippen LogP contribution < -0.4 is 5.32 Å². The van der Waals surface area contributed by atoms with Crippen LogP contribution in [0.2, 0.25) is 0 Å². The predicted molar refractivity (Wildman–Crippen MR) is 110 cm³/mol. The molecule has 1 aromatic carbocycles. The third kappa shape index (κ3) is 12.4. The maximum absolute atomic E-state index is 12.8. The number of nitrogens with one attached hydrogen (secondary N) is 1. The number of amides is 1. The zero-order valence-electron chi connectivity index (χ0n) is 17.3. The van der Waals surface area contributed by atoms with Crippen LogP contribution >= 0.6 is 0 Å². The highest BCUT2D eigenvalue weighted by Crippen LogP contribution is 2.12. The van der Waals surface area contributed by atoms with E-state index in [1.54, 1.807) is 0 Å². The van der Waals surface area contributed by atoms with Crippen molar-refractivity contribution < 1.29 is 19.1 Å². The highest BCUT2D eigenvalue weighted by Gasteiger charge is 2.16. The van der Waals surface area contributed by atoms with Gasteiger partial charge in [-0.1, -0.05) is 44.2 Å². The molecule has 0 fully saturated rings. The van der Waals surface area contributed by atoms with E-state index in [9.17, 15) is 14.0 Å². The summed E-state index contributed by atoms with van der Waals surface area (Å²) in [5.74, 6) is -1.15. The van der Waals surface area contributed by atoms with Gasteiger partial charge >= 0.3 is 5.97 Å². The van der Waals surface area contributed by atoms with Gasteiger partial charge in [-0.15, -0.1) is 0 Å². The van der Waals surface area contributed by atoms with E-state index in [2.05, 4.69) is 5.32 Å². The number of aryl methyl sites for hydroxylation is 1. The van der Waals surface area contributed by atoms with Gasteiger partial charge in [0.2, 0.25) is 5.91 Å². The van der Waals surface area contributed by atoms with Gasteiger partial charge in [-0.2, -0.15) is 0 Å². The number of hydrogen-bond acceptors (Lipinski definition) is 3. The van der Waals surface area contributed by atoms with E-state index < -0.39 is 5.97 Å². The Balaban J connectivity index is 2.02. The number of carboxylic acid groups (broad SMARTS) is 1. The lowest BCUT2D eigenvalue weighted by Gasteiger charge is -2.20. The van der Waals surface area contributed by atoms with Crippen molar-refractivity contribution in [2.75, 3.05) is 20.6 Å². The molecule has 5 nitrogen and oxygen atoms in total. The fourth-order valence-electron chi connectivity index (χ4n) is 3.26. The summed E-state index contributed by atoms with van der Waals surface area (Å²) in [5.41, 5.74) is 1.18. The number of carboxylic acids is 1. The Labute approximate surface area is 168 Å². The summed E-state index contributed by atoms with van der Waals surface area (Å²) in [5, 5.41) is 11.8. The van der Waals surface area contributed by atoms with Gasteiger partial charge in [-0.3, -0.25) is 9.59 Å². The van der Waals surface area contributed by atoms with Crippen LogP contribution in [-0.4, -0.2) is 48.6 Å². The standard InChI is InChI=1S/C22H35FN2O3/c1-25(2)17-20(16-22(27)28)24-21(26)11-9-7-5-3-4-6-8-10-18-12-14-19(23)15-13-18/h12-15,20H,3-11,16-17H2,1-2H3,(H,24,26)(H,27,28)/t20-/m1/s1. The van der Waals surface area contributed by atoms with Crippen molar-refractivity contribution in [1.82, 2.24) is 10.2 Å². The van der Waals surface area contributed by atoms with Crippen molar-refractivity contribution >= 4 is 11.9 Å². The van der Waals surface area contributed by atoms with Crippen LogP contribution in [0.4, 0.5) is 4.39 Å². The largest absolute Gasteiger partial charge is 0.481 e. The number of nitrogens with zero attached hydrogens (tertiary/aromatic N) is 1. The van der Waals surface area contributed by atoms with Gasteiger partial charge in [0.1, 0.15) is 5.82 Å². The Morgan fingerprint density at radius 3 is 2.14 bits per heavy atom. The average Bonchev–Trinajstić information content (AvgIpc) is 2.60. The van der Waals surface area contributed by atoms with Crippen molar-refractivity contribution in [3.8, 4) is 0 Å². The molecule has 0 unspecified atom stereocenters. The highest BCUT2D eigenvalue weighted by molar-refractivity contribution is 5.77. The van der Waals surface area contributed by atoms with Crippen LogP contribution in [0.25, 0.3) is 0 Å².